The number of hydrogen-bond acceptors (Lipinski definition) is 4. The zero-order valence-corrected chi connectivity index (χ0v) is 17.6. The Balaban J connectivity index is 1.91. The van der Waals surface area contributed by atoms with Gasteiger partial charge in [0, 0.05) is 29.1 Å². The monoisotopic (exact) mass is 407 g/mol. The Kier molecular flexibility index (Phi) is 5.62. The SMILES string of the molecule is Cc1ccccc1N=c1scc(-c2cccc([N+](=O)[O-])c2)n1C1CCCCC1C. The van der Waals surface area contributed by atoms with Gasteiger partial charge in [0.25, 0.3) is 5.69 Å². The fourth-order valence-electron chi connectivity index (χ4n) is 4.18. The van der Waals surface area contributed by atoms with Gasteiger partial charge in [-0.2, -0.15) is 0 Å². The van der Waals surface area contributed by atoms with Gasteiger partial charge in [-0.1, -0.05) is 50.1 Å². The van der Waals surface area contributed by atoms with Gasteiger partial charge in [0.05, 0.1) is 16.3 Å². The molecule has 4 rings (SSSR count). The van der Waals surface area contributed by atoms with Crippen LogP contribution in [-0.4, -0.2) is 9.49 Å². The lowest BCUT2D eigenvalue weighted by Crippen LogP contribution is -2.28. The predicted molar refractivity (Wildman–Crippen MR) is 117 cm³/mol. The Labute approximate surface area is 174 Å². The average molecular weight is 408 g/mol. The van der Waals surface area contributed by atoms with Crippen LogP contribution in [0.3, 0.4) is 0 Å². The molecule has 3 aromatic rings. The van der Waals surface area contributed by atoms with Crippen LogP contribution in [-0.2, 0) is 0 Å². The summed E-state index contributed by atoms with van der Waals surface area (Å²) in [6, 6.07) is 15.4. The van der Waals surface area contributed by atoms with E-state index >= 15 is 0 Å². The fourth-order valence-corrected chi connectivity index (χ4v) is 5.15. The Morgan fingerprint density at radius 1 is 1.14 bits per heavy atom. The molecule has 0 amide bonds. The largest absolute Gasteiger partial charge is 0.313 e. The van der Waals surface area contributed by atoms with Crippen molar-refractivity contribution in [3.8, 4) is 11.3 Å². The lowest BCUT2D eigenvalue weighted by molar-refractivity contribution is -0.384. The molecular weight excluding hydrogens is 382 g/mol. The highest BCUT2D eigenvalue weighted by Gasteiger charge is 2.26. The fraction of sp³-hybridized carbons (Fsp3) is 0.348. The zero-order valence-electron chi connectivity index (χ0n) is 16.7. The molecule has 29 heavy (non-hydrogen) atoms. The topological polar surface area (TPSA) is 60.4 Å². The number of hydrogen-bond donors (Lipinski definition) is 0. The van der Waals surface area contributed by atoms with E-state index < -0.39 is 0 Å². The van der Waals surface area contributed by atoms with Gasteiger partial charge >= 0.3 is 0 Å². The molecule has 1 aliphatic rings. The number of aromatic nitrogens is 1. The molecule has 0 saturated heterocycles. The van der Waals surface area contributed by atoms with Gasteiger partial charge in [-0.3, -0.25) is 10.1 Å². The van der Waals surface area contributed by atoms with Crippen LogP contribution in [0, 0.1) is 23.0 Å². The molecule has 1 heterocycles. The van der Waals surface area contributed by atoms with E-state index in [1.165, 1.54) is 19.3 Å². The molecule has 1 aliphatic carbocycles. The summed E-state index contributed by atoms with van der Waals surface area (Å²) >= 11 is 1.61. The van der Waals surface area contributed by atoms with E-state index in [2.05, 4.69) is 29.9 Å². The Bertz CT molecular complexity index is 1100. The summed E-state index contributed by atoms with van der Waals surface area (Å²) in [4.78, 5) is 16.9. The molecule has 0 N–H and O–H groups in total. The number of thiazole rings is 1. The molecular formula is C23H25N3O2S. The smallest absolute Gasteiger partial charge is 0.270 e. The van der Waals surface area contributed by atoms with E-state index in [4.69, 9.17) is 4.99 Å². The lowest BCUT2D eigenvalue weighted by Gasteiger charge is -2.31. The molecule has 5 nitrogen and oxygen atoms in total. The molecule has 150 valence electrons. The van der Waals surface area contributed by atoms with Crippen LogP contribution in [0.5, 0.6) is 0 Å². The third-order valence-corrected chi connectivity index (χ3v) is 6.66. The number of nitro groups is 1. The van der Waals surface area contributed by atoms with Crippen molar-refractivity contribution in [2.24, 2.45) is 10.9 Å². The lowest BCUT2D eigenvalue weighted by atomic mass is 9.85. The zero-order chi connectivity index (χ0) is 20.4. The quantitative estimate of drug-likeness (QED) is 0.370. The molecule has 2 unspecified atom stereocenters. The normalized spacial score (nSPS) is 20.0. The maximum Gasteiger partial charge on any atom is 0.270 e. The van der Waals surface area contributed by atoms with Gasteiger partial charge in [0.15, 0.2) is 4.80 Å². The Hall–Kier alpha value is -2.73. The predicted octanol–water partition coefficient (Wildman–Crippen LogP) is 6.42. The van der Waals surface area contributed by atoms with Gasteiger partial charge in [0.2, 0.25) is 0 Å². The number of para-hydroxylation sites is 1. The summed E-state index contributed by atoms with van der Waals surface area (Å²) in [6.07, 6.45) is 4.78. The molecule has 0 bridgehead atoms. The Morgan fingerprint density at radius 3 is 2.69 bits per heavy atom. The minimum atomic E-state index is -0.331. The first-order valence-electron chi connectivity index (χ1n) is 10.1. The van der Waals surface area contributed by atoms with Crippen molar-refractivity contribution in [2.45, 2.75) is 45.6 Å². The third-order valence-electron chi connectivity index (χ3n) is 5.82. The summed E-state index contributed by atoms with van der Waals surface area (Å²) in [6.45, 7) is 4.38. The second-order valence-corrected chi connectivity index (χ2v) is 8.64. The second kappa shape index (κ2) is 8.33. The van der Waals surface area contributed by atoms with E-state index in [0.717, 1.165) is 33.7 Å². The van der Waals surface area contributed by atoms with Crippen molar-refractivity contribution < 1.29 is 4.92 Å². The minimum absolute atomic E-state index is 0.120. The van der Waals surface area contributed by atoms with E-state index in [9.17, 15) is 10.1 Å². The summed E-state index contributed by atoms with van der Waals surface area (Å²) in [7, 11) is 0. The van der Waals surface area contributed by atoms with E-state index in [0.29, 0.717) is 12.0 Å². The number of nitrogens with zero attached hydrogens (tertiary/aromatic N) is 3. The number of non-ortho nitro benzene ring substituents is 1. The molecule has 6 heteroatoms. The average Bonchev–Trinajstić information content (AvgIpc) is 3.13. The first-order chi connectivity index (χ1) is 14.0. The summed E-state index contributed by atoms with van der Waals surface area (Å²) in [5.74, 6) is 0.548. The van der Waals surface area contributed by atoms with E-state index in [1.807, 2.05) is 24.3 Å². The molecule has 1 fully saturated rings. The van der Waals surface area contributed by atoms with Crippen LogP contribution in [0.25, 0.3) is 11.3 Å². The van der Waals surface area contributed by atoms with Gasteiger partial charge in [0.1, 0.15) is 0 Å². The first kappa shape index (κ1) is 19.6. The number of benzene rings is 2. The van der Waals surface area contributed by atoms with Gasteiger partial charge in [-0.25, -0.2) is 4.99 Å². The highest BCUT2D eigenvalue weighted by molar-refractivity contribution is 7.07. The summed E-state index contributed by atoms with van der Waals surface area (Å²) in [5.41, 5.74) is 4.12. The van der Waals surface area contributed by atoms with Crippen LogP contribution in [0.1, 0.15) is 44.2 Å². The highest BCUT2D eigenvalue weighted by Crippen LogP contribution is 2.37. The minimum Gasteiger partial charge on any atom is -0.313 e. The maximum absolute atomic E-state index is 11.3. The van der Waals surface area contributed by atoms with Crippen LogP contribution in [0.2, 0.25) is 0 Å². The third kappa shape index (κ3) is 4.03. The van der Waals surface area contributed by atoms with Crippen LogP contribution >= 0.6 is 11.3 Å². The summed E-state index contributed by atoms with van der Waals surface area (Å²) in [5, 5.41) is 13.4. The second-order valence-electron chi connectivity index (χ2n) is 7.81. The standard InChI is InChI=1S/C23H25N3O2S/c1-16-8-3-5-12-20(16)24-23-25(21-13-6-4-9-17(21)2)22(15-29-23)18-10-7-11-19(14-18)26(27)28/h3,5,7-8,10-12,14-15,17,21H,4,6,9,13H2,1-2H3. The highest BCUT2D eigenvalue weighted by atomic mass is 32.1. The Morgan fingerprint density at radius 2 is 1.93 bits per heavy atom. The van der Waals surface area contributed by atoms with Crippen LogP contribution in [0.4, 0.5) is 11.4 Å². The number of rotatable bonds is 4. The van der Waals surface area contributed by atoms with E-state index in [1.54, 1.807) is 29.5 Å². The maximum atomic E-state index is 11.3. The van der Waals surface area contributed by atoms with E-state index in [-0.39, 0.29) is 10.6 Å². The molecule has 2 atom stereocenters. The van der Waals surface area contributed by atoms with Crippen LogP contribution in [0.15, 0.2) is 58.9 Å². The number of nitro benzene ring substituents is 1. The van der Waals surface area contributed by atoms with Gasteiger partial charge < -0.3 is 4.57 Å². The molecule has 1 saturated carbocycles. The van der Waals surface area contributed by atoms with Crippen molar-refractivity contribution >= 4 is 22.7 Å². The summed E-state index contributed by atoms with van der Waals surface area (Å²) < 4.78 is 2.33. The van der Waals surface area contributed by atoms with Crippen molar-refractivity contribution in [1.82, 2.24) is 4.57 Å². The van der Waals surface area contributed by atoms with Crippen molar-refractivity contribution in [3.05, 3.63) is 74.4 Å². The number of aryl methyl sites for hydroxylation is 1. The molecule has 0 aliphatic heterocycles. The van der Waals surface area contributed by atoms with Crippen molar-refractivity contribution in [2.75, 3.05) is 0 Å². The van der Waals surface area contributed by atoms with Crippen LogP contribution < -0.4 is 4.80 Å². The molecule has 0 spiro atoms. The molecule has 1 aromatic heterocycles. The molecule has 0 radical (unpaired) electrons. The molecule has 2 aromatic carbocycles. The van der Waals surface area contributed by atoms with Crippen molar-refractivity contribution in [3.63, 3.8) is 0 Å². The van der Waals surface area contributed by atoms with Gasteiger partial charge in [-0.15, -0.1) is 11.3 Å². The van der Waals surface area contributed by atoms with Crippen molar-refractivity contribution in [1.29, 1.82) is 0 Å². The first-order valence-corrected chi connectivity index (χ1v) is 11.0. The van der Waals surface area contributed by atoms with Gasteiger partial charge in [-0.05, 0) is 37.3 Å².